The second-order valence-corrected chi connectivity index (χ2v) is 7.27. The lowest BCUT2D eigenvalue weighted by atomic mass is 9.63. The largest absolute Gasteiger partial charge is 0.481 e. The number of nitrogens with one attached hydrogen (secondary N) is 1. The Morgan fingerprint density at radius 3 is 2.61 bits per heavy atom. The fourth-order valence-electron chi connectivity index (χ4n) is 3.54. The van der Waals surface area contributed by atoms with Gasteiger partial charge in [0.2, 0.25) is 0 Å². The number of carboxylic acid groups (broad SMARTS) is 1. The van der Waals surface area contributed by atoms with Crippen LogP contribution in [0.2, 0.25) is 5.02 Å². The standard InChI is InChI=1S/C20H27ClN2O5/c1-4-28-18(24)16-15(11-27-10-9-22)23-12(2)20(3,19(25)26)17(16)13-7-5-6-8-14(13)21/h5-8,12,17,23H,4,9-11,22H2,1-3H3,(H,25,26). The predicted molar refractivity (Wildman–Crippen MR) is 106 cm³/mol. The molecule has 0 spiro atoms. The number of benzene rings is 1. The lowest BCUT2D eigenvalue weighted by molar-refractivity contribution is -0.152. The molecule has 2 rings (SSSR count). The van der Waals surface area contributed by atoms with Gasteiger partial charge in [-0.3, -0.25) is 4.79 Å². The molecule has 154 valence electrons. The summed E-state index contributed by atoms with van der Waals surface area (Å²) in [6.07, 6.45) is 0. The SMILES string of the molecule is CCOC(=O)C1=C(COCCN)NC(C)C(C)(C(=O)O)C1c1ccccc1Cl. The highest BCUT2D eigenvalue weighted by Gasteiger charge is 2.54. The number of rotatable bonds is 8. The minimum atomic E-state index is -1.34. The Morgan fingerprint density at radius 1 is 1.36 bits per heavy atom. The van der Waals surface area contributed by atoms with Gasteiger partial charge in [0.15, 0.2) is 0 Å². The number of halogens is 1. The Labute approximate surface area is 169 Å². The van der Waals surface area contributed by atoms with E-state index in [0.29, 0.717) is 29.4 Å². The maximum Gasteiger partial charge on any atom is 0.336 e. The van der Waals surface area contributed by atoms with Gasteiger partial charge >= 0.3 is 11.9 Å². The van der Waals surface area contributed by atoms with Crippen LogP contribution in [0.3, 0.4) is 0 Å². The van der Waals surface area contributed by atoms with Crippen molar-refractivity contribution in [1.82, 2.24) is 5.32 Å². The van der Waals surface area contributed by atoms with Crippen LogP contribution in [0.15, 0.2) is 35.5 Å². The molecule has 1 aliphatic rings. The number of carbonyl (C=O) groups excluding carboxylic acids is 1. The second kappa shape index (κ2) is 9.41. The molecule has 0 amide bonds. The van der Waals surface area contributed by atoms with Crippen molar-refractivity contribution in [3.05, 3.63) is 46.1 Å². The van der Waals surface area contributed by atoms with Crippen LogP contribution in [-0.2, 0) is 19.1 Å². The zero-order valence-electron chi connectivity index (χ0n) is 16.3. The maximum absolute atomic E-state index is 12.9. The molecular formula is C20H27ClN2O5. The summed E-state index contributed by atoms with van der Waals surface area (Å²) >= 11 is 6.42. The van der Waals surface area contributed by atoms with Crippen molar-refractivity contribution < 1.29 is 24.2 Å². The first-order valence-corrected chi connectivity index (χ1v) is 9.59. The van der Waals surface area contributed by atoms with E-state index in [1.165, 1.54) is 0 Å². The molecule has 1 aliphatic heterocycles. The molecule has 3 unspecified atom stereocenters. The molecule has 1 aromatic carbocycles. The Bertz CT molecular complexity index is 767. The molecule has 3 atom stereocenters. The van der Waals surface area contributed by atoms with Crippen molar-refractivity contribution in [3.63, 3.8) is 0 Å². The molecular weight excluding hydrogens is 384 g/mol. The Kier molecular flexibility index (Phi) is 7.46. The number of hydrogen-bond acceptors (Lipinski definition) is 6. The van der Waals surface area contributed by atoms with Crippen molar-refractivity contribution in [2.75, 3.05) is 26.4 Å². The molecule has 0 aromatic heterocycles. The first-order chi connectivity index (χ1) is 13.3. The van der Waals surface area contributed by atoms with Crippen LogP contribution in [0.4, 0.5) is 0 Å². The third-order valence-electron chi connectivity index (χ3n) is 5.18. The average Bonchev–Trinajstić information content (AvgIpc) is 2.65. The summed E-state index contributed by atoms with van der Waals surface area (Å²) in [7, 11) is 0. The molecule has 8 heteroatoms. The van der Waals surface area contributed by atoms with Gasteiger partial charge in [-0.1, -0.05) is 29.8 Å². The third kappa shape index (κ3) is 4.16. The third-order valence-corrected chi connectivity index (χ3v) is 5.53. The molecule has 0 aliphatic carbocycles. The van der Waals surface area contributed by atoms with Gasteiger partial charge in [0, 0.05) is 29.2 Å². The van der Waals surface area contributed by atoms with Crippen LogP contribution >= 0.6 is 11.6 Å². The number of carboxylic acids is 1. The molecule has 1 aromatic rings. The summed E-state index contributed by atoms with van der Waals surface area (Å²) in [5.74, 6) is -2.45. The van der Waals surface area contributed by atoms with Gasteiger partial charge in [0.1, 0.15) is 0 Å². The number of ether oxygens (including phenoxy) is 2. The first-order valence-electron chi connectivity index (χ1n) is 9.21. The summed E-state index contributed by atoms with van der Waals surface area (Å²) in [6.45, 7) is 5.96. The van der Waals surface area contributed by atoms with E-state index < -0.39 is 29.3 Å². The van der Waals surface area contributed by atoms with Crippen LogP contribution in [0, 0.1) is 5.41 Å². The number of esters is 1. The summed E-state index contributed by atoms with van der Waals surface area (Å²) in [6, 6.07) is 6.45. The maximum atomic E-state index is 12.9. The van der Waals surface area contributed by atoms with Gasteiger partial charge in [-0.15, -0.1) is 0 Å². The van der Waals surface area contributed by atoms with E-state index in [1.54, 1.807) is 45.0 Å². The van der Waals surface area contributed by atoms with Crippen LogP contribution in [0.5, 0.6) is 0 Å². The van der Waals surface area contributed by atoms with Crippen LogP contribution in [-0.4, -0.2) is 49.5 Å². The smallest absolute Gasteiger partial charge is 0.336 e. The topological polar surface area (TPSA) is 111 Å². The van der Waals surface area contributed by atoms with E-state index in [-0.39, 0.29) is 18.8 Å². The van der Waals surface area contributed by atoms with E-state index in [1.807, 2.05) is 0 Å². The van der Waals surface area contributed by atoms with Crippen molar-refractivity contribution in [2.24, 2.45) is 11.1 Å². The highest BCUT2D eigenvalue weighted by atomic mass is 35.5. The Morgan fingerprint density at radius 2 is 2.04 bits per heavy atom. The monoisotopic (exact) mass is 410 g/mol. The summed E-state index contributed by atoms with van der Waals surface area (Å²) < 4.78 is 10.8. The predicted octanol–water partition coefficient (Wildman–Crippen LogP) is 2.30. The Balaban J connectivity index is 2.72. The summed E-state index contributed by atoms with van der Waals surface area (Å²) in [5.41, 5.74) is 5.41. The van der Waals surface area contributed by atoms with Gasteiger partial charge in [-0.25, -0.2) is 4.79 Å². The number of aliphatic carboxylic acids is 1. The fraction of sp³-hybridized carbons (Fsp3) is 0.500. The van der Waals surface area contributed by atoms with E-state index in [4.69, 9.17) is 26.8 Å². The minimum absolute atomic E-state index is 0.0896. The van der Waals surface area contributed by atoms with Crippen molar-refractivity contribution in [3.8, 4) is 0 Å². The number of carbonyl (C=O) groups is 2. The van der Waals surface area contributed by atoms with Crippen LogP contribution in [0.25, 0.3) is 0 Å². The zero-order chi connectivity index (χ0) is 20.9. The van der Waals surface area contributed by atoms with E-state index >= 15 is 0 Å². The molecule has 4 N–H and O–H groups in total. The number of hydrogen-bond donors (Lipinski definition) is 3. The minimum Gasteiger partial charge on any atom is -0.481 e. The fourth-order valence-corrected chi connectivity index (χ4v) is 3.78. The van der Waals surface area contributed by atoms with E-state index in [0.717, 1.165) is 0 Å². The first kappa shape index (κ1) is 22.2. The van der Waals surface area contributed by atoms with Gasteiger partial charge in [0.25, 0.3) is 0 Å². The average molecular weight is 411 g/mol. The second-order valence-electron chi connectivity index (χ2n) is 6.86. The quantitative estimate of drug-likeness (QED) is 0.445. The number of nitrogens with two attached hydrogens (primary N) is 1. The van der Waals surface area contributed by atoms with Crippen LogP contribution in [0.1, 0.15) is 32.3 Å². The molecule has 7 nitrogen and oxygen atoms in total. The molecule has 0 fully saturated rings. The molecule has 0 radical (unpaired) electrons. The van der Waals surface area contributed by atoms with Crippen molar-refractivity contribution in [2.45, 2.75) is 32.7 Å². The molecule has 0 bridgehead atoms. The molecule has 28 heavy (non-hydrogen) atoms. The van der Waals surface area contributed by atoms with Gasteiger partial charge < -0.3 is 25.6 Å². The lowest BCUT2D eigenvalue weighted by Crippen LogP contribution is -2.56. The Hall–Kier alpha value is -2.09. The lowest BCUT2D eigenvalue weighted by Gasteiger charge is -2.45. The molecule has 0 saturated heterocycles. The molecule has 0 saturated carbocycles. The van der Waals surface area contributed by atoms with Gasteiger partial charge in [-0.05, 0) is 32.4 Å². The highest BCUT2D eigenvalue weighted by molar-refractivity contribution is 6.31. The highest BCUT2D eigenvalue weighted by Crippen LogP contribution is 2.49. The van der Waals surface area contributed by atoms with E-state index in [2.05, 4.69) is 5.32 Å². The van der Waals surface area contributed by atoms with Gasteiger partial charge in [-0.2, -0.15) is 0 Å². The van der Waals surface area contributed by atoms with Crippen molar-refractivity contribution in [1.29, 1.82) is 0 Å². The van der Waals surface area contributed by atoms with E-state index in [9.17, 15) is 14.7 Å². The summed E-state index contributed by atoms with van der Waals surface area (Å²) in [5, 5.41) is 13.6. The zero-order valence-corrected chi connectivity index (χ0v) is 17.1. The van der Waals surface area contributed by atoms with Gasteiger partial charge in [0.05, 0.1) is 30.8 Å². The normalized spacial score (nSPS) is 24.6. The molecule has 1 heterocycles. The summed E-state index contributed by atoms with van der Waals surface area (Å²) in [4.78, 5) is 25.3. The van der Waals surface area contributed by atoms with Crippen molar-refractivity contribution >= 4 is 23.5 Å². The van der Waals surface area contributed by atoms with Crippen LogP contribution < -0.4 is 11.1 Å².